The molecular formula is C12H22-2. The molecule has 0 heterocycles. The Labute approximate surface area is 77.7 Å². The van der Waals surface area contributed by atoms with E-state index in [-0.39, 0.29) is 0 Å². The molecule has 1 aliphatic carbocycles. The molecule has 0 heteroatoms. The van der Waals surface area contributed by atoms with E-state index in [2.05, 4.69) is 26.7 Å². The van der Waals surface area contributed by atoms with Gasteiger partial charge < -0.3 is 12.8 Å². The highest BCUT2D eigenvalue weighted by Gasteiger charge is 2.23. The number of hydrogen-bond donors (Lipinski definition) is 0. The van der Waals surface area contributed by atoms with Crippen LogP contribution in [0.1, 0.15) is 58.8 Å². The maximum Gasteiger partial charge on any atom is -0.0525 e. The van der Waals surface area contributed by atoms with Gasteiger partial charge in [-0.1, -0.05) is 37.5 Å². The van der Waals surface area contributed by atoms with Crippen molar-refractivity contribution in [1.82, 2.24) is 0 Å². The maximum absolute atomic E-state index is 2.36. The molecule has 0 spiro atoms. The first-order valence-electron chi connectivity index (χ1n) is 5.39. The highest BCUT2D eigenvalue weighted by molar-refractivity contribution is 4.89. The standard InChI is InChI=1S/C12H22/c1-3-8-12(9-4-2)10-6-5-7-11-12/h3-4H,5-11H2,1-2H3/q-2. The molecule has 72 valence electrons. The van der Waals surface area contributed by atoms with Crippen molar-refractivity contribution in [2.75, 3.05) is 0 Å². The van der Waals surface area contributed by atoms with Gasteiger partial charge in [0.2, 0.25) is 0 Å². The molecule has 0 N–H and O–H groups in total. The molecule has 0 unspecified atom stereocenters. The van der Waals surface area contributed by atoms with Gasteiger partial charge >= 0.3 is 0 Å². The number of hydrogen-bond acceptors (Lipinski definition) is 0. The predicted octanol–water partition coefficient (Wildman–Crippen LogP) is 4.17. The Morgan fingerprint density at radius 3 is 1.83 bits per heavy atom. The van der Waals surface area contributed by atoms with E-state index >= 15 is 0 Å². The van der Waals surface area contributed by atoms with E-state index in [1.54, 1.807) is 0 Å². The van der Waals surface area contributed by atoms with Crippen molar-refractivity contribution in [3.63, 3.8) is 0 Å². The van der Waals surface area contributed by atoms with Gasteiger partial charge in [-0.2, -0.15) is 26.7 Å². The minimum Gasteiger partial charge on any atom is -0.331 e. The molecule has 1 saturated carbocycles. The Bertz CT molecular complexity index is 93.7. The van der Waals surface area contributed by atoms with Crippen molar-refractivity contribution < 1.29 is 0 Å². The maximum atomic E-state index is 2.36. The number of rotatable bonds is 4. The molecule has 0 nitrogen and oxygen atoms in total. The first-order valence-corrected chi connectivity index (χ1v) is 5.39. The van der Waals surface area contributed by atoms with E-state index in [0.29, 0.717) is 5.41 Å². The summed E-state index contributed by atoms with van der Waals surface area (Å²) < 4.78 is 0. The summed E-state index contributed by atoms with van der Waals surface area (Å²) >= 11 is 0. The van der Waals surface area contributed by atoms with Gasteiger partial charge in [0, 0.05) is 0 Å². The second-order valence-electron chi connectivity index (χ2n) is 4.29. The van der Waals surface area contributed by atoms with Gasteiger partial charge in [0.25, 0.3) is 0 Å². The van der Waals surface area contributed by atoms with Crippen molar-refractivity contribution in [3.8, 4) is 0 Å². The zero-order valence-electron chi connectivity index (χ0n) is 8.60. The van der Waals surface area contributed by atoms with Crippen LogP contribution in [0, 0.1) is 18.3 Å². The van der Waals surface area contributed by atoms with Crippen LogP contribution in [-0.2, 0) is 0 Å². The van der Waals surface area contributed by atoms with Gasteiger partial charge in [0.1, 0.15) is 0 Å². The van der Waals surface area contributed by atoms with Crippen molar-refractivity contribution in [2.24, 2.45) is 5.41 Å². The van der Waals surface area contributed by atoms with Crippen LogP contribution in [0.4, 0.5) is 0 Å². The molecule has 0 radical (unpaired) electrons. The molecule has 12 heavy (non-hydrogen) atoms. The summed E-state index contributed by atoms with van der Waals surface area (Å²) in [5.74, 6) is 0. The first kappa shape index (κ1) is 10.1. The fourth-order valence-corrected chi connectivity index (χ4v) is 2.66. The lowest BCUT2D eigenvalue weighted by Crippen LogP contribution is -2.23. The smallest absolute Gasteiger partial charge is 0.0525 e. The molecule has 1 rings (SSSR count). The van der Waals surface area contributed by atoms with Gasteiger partial charge in [-0.05, 0) is 0 Å². The molecule has 0 amide bonds. The van der Waals surface area contributed by atoms with E-state index < -0.39 is 0 Å². The Kier molecular flexibility index (Phi) is 4.11. The van der Waals surface area contributed by atoms with E-state index in [0.717, 1.165) is 0 Å². The largest absolute Gasteiger partial charge is 0.331 e. The summed E-state index contributed by atoms with van der Waals surface area (Å²) in [6, 6.07) is 0. The summed E-state index contributed by atoms with van der Waals surface area (Å²) in [4.78, 5) is 0. The van der Waals surface area contributed by atoms with E-state index in [9.17, 15) is 0 Å². The van der Waals surface area contributed by atoms with Gasteiger partial charge in [-0.3, -0.25) is 0 Å². The molecule has 1 fully saturated rings. The van der Waals surface area contributed by atoms with Crippen LogP contribution in [0.3, 0.4) is 0 Å². The zero-order valence-corrected chi connectivity index (χ0v) is 8.60. The molecule has 0 aliphatic heterocycles. The van der Waals surface area contributed by atoms with Crippen molar-refractivity contribution >= 4 is 0 Å². The Morgan fingerprint density at radius 1 is 0.917 bits per heavy atom. The monoisotopic (exact) mass is 166 g/mol. The first-order chi connectivity index (χ1) is 5.83. The molecule has 0 saturated heterocycles. The highest BCUT2D eigenvalue weighted by Crippen LogP contribution is 2.43. The zero-order chi connectivity index (χ0) is 8.86. The Balaban J connectivity index is 2.44. The second-order valence-corrected chi connectivity index (χ2v) is 4.29. The summed E-state index contributed by atoms with van der Waals surface area (Å²) in [5, 5.41) is 0. The van der Waals surface area contributed by atoms with Crippen LogP contribution in [-0.4, -0.2) is 0 Å². The van der Waals surface area contributed by atoms with Crippen LogP contribution >= 0.6 is 0 Å². The third kappa shape index (κ3) is 2.50. The van der Waals surface area contributed by atoms with Crippen molar-refractivity contribution in [1.29, 1.82) is 0 Å². The van der Waals surface area contributed by atoms with Gasteiger partial charge in [0.15, 0.2) is 0 Å². The van der Waals surface area contributed by atoms with Crippen LogP contribution in [0.25, 0.3) is 0 Å². The van der Waals surface area contributed by atoms with Gasteiger partial charge in [-0.15, -0.1) is 0 Å². The summed E-state index contributed by atoms with van der Waals surface area (Å²) in [6.45, 7) is 4.40. The minimum absolute atomic E-state index is 0.668. The third-order valence-corrected chi connectivity index (χ3v) is 3.19. The topological polar surface area (TPSA) is 0 Å². The second kappa shape index (κ2) is 4.89. The van der Waals surface area contributed by atoms with Crippen LogP contribution in [0.5, 0.6) is 0 Å². The summed E-state index contributed by atoms with van der Waals surface area (Å²) in [5.41, 5.74) is 0.668. The molecule has 0 bridgehead atoms. The van der Waals surface area contributed by atoms with Crippen LogP contribution in [0.2, 0.25) is 0 Å². The Hall–Kier alpha value is 0. The minimum atomic E-state index is 0.668. The van der Waals surface area contributed by atoms with E-state index in [1.165, 1.54) is 44.9 Å². The molecule has 0 aromatic rings. The fourth-order valence-electron chi connectivity index (χ4n) is 2.66. The lowest BCUT2D eigenvalue weighted by Gasteiger charge is -2.44. The molecule has 0 aromatic carbocycles. The summed E-state index contributed by atoms with van der Waals surface area (Å²) in [7, 11) is 0. The van der Waals surface area contributed by atoms with E-state index in [4.69, 9.17) is 0 Å². The van der Waals surface area contributed by atoms with Crippen LogP contribution in [0.15, 0.2) is 0 Å². The third-order valence-electron chi connectivity index (χ3n) is 3.19. The lowest BCUT2D eigenvalue weighted by molar-refractivity contribution is 0.183. The average molecular weight is 166 g/mol. The van der Waals surface area contributed by atoms with Gasteiger partial charge in [-0.25, -0.2) is 0 Å². The SMILES string of the molecule is C[CH-]CC1(C[CH-]C)CCCCC1. The van der Waals surface area contributed by atoms with E-state index in [1.807, 2.05) is 0 Å². The highest BCUT2D eigenvalue weighted by atomic mass is 14.3. The quantitative estimate of drug-likeness (QED) is 0.550. The normalized spacial score (nSPS) is 22.5. The van der Waals surface area contributed by atoms with Crippen molar-refractivity contribution in [2.45, 2.75) is 58.8 Å². The average Bonchev–Trinajstić information content (AvgIpc) is 2.07. The summed E-state index contributed by atoms with van der Waals surface area (Å²) in [6.07, 6.45) is 14.7. The lowest BCUT2D eigenvalue weighted by atomic mass is 9.69. The predicted molar refractivity (Wildman–Crippen MR) is 54.7 cm³/mol. The fraction of sp³-hybridized carbons (Fsp3) is 0.833. The van der Waals surface area contributed by atoms with Crippen molar-refractivity contribution in [3.05, 3.63) is 12.8 Å². The molecular weight excluding hydrogens is 144 g/mol. The Morgan fingerprint density at radius 2 is 1.42 bits per heavy atom. The molecule has 1 aliphatic rings. The molecule has 0 atom stereocenters. The van der Waals surface area contributed by atoms with Gasteiger partial charge in [0.05, 0.1) is 0 Å². The van der Waals surface area contributed by atoms with Crippen LogP contribution < -0.4 is 0 Å². The molecule has 0 aromatic heterocycles.